The Balaban J connectivity index is 1.80. The second kappa shape index (κ2) is 6.64. The van der Waals surface area contributed by atoms with Crippen molar-refractivity contribution in [1.82, 2.24) is 20.2 Å². The lowest BCUT2D eigenvalue weighted by Gasteiger charge is -2.03. The van der Waals surface area contributed by atoms with Gasteiger partial charge in [0.1, 0.15) is 0 Å². The Morgan fingerprint density at radius 2 is 2.00 bits per heavy atom. The fourth-order valence-corrected chi connectivity index (χ4v) is 2.70. The zero-order valence-corrected chi connectivity index (χ0v) is 14.2. The number of aromatic hydroxyl groups is 1. The maximum atomic E-state index is 12.3. The average molecular weight is 337 g/mol. The lowest BCUT2D eigenvalue weighted by molar-refractivity contribution is 0.0947. The number of aryl methyl sites for hydroxylation is 2. The molecule has 0 aliphatic carbocycles. The highest BCUT2D eigenvalue weighted by Crippen LogP contribution is 2.18. The molecule has 7 heteroatoms. The molecule has 3 N–H and O–H groups in total. The van der Waals surface area contributed by atoms with Gasteiger partial charge in [0.05, 0.1) is 17.6 Å². The van der Waals surface area contributed by atoms with Gasteiger partial charge >= 0.3 is 0 Å². The maximum Gasteiger partial charge on any atom is 0.295 e. The number of nitrogens with one attached hydrogen (secondary N) is 2. The van der Waals surface area contributed by atoms with Crippen molar-refractivity contribution < 1.29 is 9.90 Å². The van der Waals surface area contributed by atoms with Crippen LogP contribution in [-0.2, 0) is 0 Å². The van der Waals surface area contributed by atoms with Crippen LogP contribution in [0.3, 0.4) is 0 Å². The van der Waals surface area contributed by atoms with Crippen molar-refractivity contribution in [2.24, 2.45) is 5.10 Å². The molecule has 2 aromatic heterocycles. The molecule has 3 aromatic rings. The number of benzene rings is 1. The van der Waals surface area contributed by atoms with Crippen molar-refractivity contribution in [3.05, 3.63) is 65.2 Å². The third-order valence-corrected chi connectivity index (χ3v) is 3.89. The van der Waals surface area contributed by atoms with Crippen LogP contribution in [0.4, 0.5) is 0 Å². The van der Waals surface area contributed by atoms with Gasteiger partial charge in [0.15, 0.2) is 11.4 Å². The second-order valence-electron chi connectivity index (χ2n) is 5.75. The number of hydrogen-bond donors (Lipinski definition) is 3. The monoisotopic (exact) mass is 337 g/mol. The Kier molecular flexibility index (Phi) is 4.38. The van der Waals surface area contributed by atoms with Gasteiger partial charge in [0.2, 0.25) is 0 Å². The molecule has 0 atom stereocenters. The first-order chi connectivity index (χ1) is 12.0. The minimum absolute atomic E-state index is 0.0806. The van der Waals surface area contributed by atoms with Crippen molar-refractivity contribution in [1.29, 1.82) is 0 Å². The molecule has 7 nitrogen and oxygen atoms in total. The van der Waals surface area contributed by atoms with Crippen LogP contribution in [0.2, 0.25) is 0 Å². The third kappa shape index (κ3) is 3.30. The summed E-state index contributed by atoms with van der Waals surface area (Å²) in [6.45, 7) is 5.72. The first-order valence-corrected chi connectivity index (χ1v) is 7.81. The van der Waals surface area contributed by atoms with E-state index in [-0.39, 0.29) is 11.4 Å². The molecule has 0 aliphatic heterocycles. The molecule has 0 unspecified atom stereocenters. The number of aromatic nitrogens is 3. The summed E-state index contributed by atoms with van der Waals surface area (Å²) in [5, 5.41) is 18.3. The normalized spacial score (nSPS) is 11.6. The van der Waals surface area contributed by atoms with E-state index in [0.717, 1.165) is 22.5 Å². The van der Waals surface area contributed by atoms with Crippen LogP contribution < -0.4 is 5.43 Å². The van der Waals surface area contributed by atoms with Crippen molar-refractivity contribution in [2.75, 3.05) is 0 Å². The second-order valence-corrected chi connectivity index (χ2v) is 5.75. The molecule has 3 rings (SSSR count). The van der Waals surface area contributed by atoms with Gasteiger partial charge in [-0.1, -0.05) is 18.2 Å². The summed E-state index contributed by atoms with van der Waals surface area (Å²) in [6, 6.07) is 9.23. The molecule has 0 saturated carbocycles. The van der Waals surface area contributed by atoms with E-state index in [0.29, 0.717) is 5.71 Å². The van der Waals surface area contributed by atoms with Crippen molar-refractivity contribution >= 4 is 11.6 Å². The molecule has 0 bridgehead atoms. The summed E-state index contributed by atoms with van der Waals surface area (Å²) in [5.41, 5.74) is 6.76. The highest BCUT2D eigenvalue weighted by atomic mass is 16.3. The number of hydrazone groups is 1. The molecule has 0 spiro atoms. The third-order valence-electron chi connectivity index (χ3n) is 3.89. The number of aromatic amines is 1. The summed E-state index contributed by atoms with van der Waals surface area (Å²) < 4.78 is 1.45. The average Bonchev–Trinajstić information content (AvgIpc) is 3.16. The van der Waals surface area contributed by atoms with Gasteiger partial charge < -0.3 is 10.1 Å². The first-order valence-electron chi connectivity index (χ1n) is 7.81. The molecule has 25 heavy (non-hydrogen) atoms. The Hall–Kier alpha value is -3.35. The summed E-state index contributed by atoms with van der Waals surface area (Å²) >= 11 is 0. The van der Waals surface area contributed by atoms with Gasteiger partial charge in [-0.15, -0.1) is 0 Å². The molecule has 1 aromatic carbocycles. The minimum Gasteiger partial charge on any atom is -0.504 e. The highest BCUT2D eigenvalue weighted by Gasteiger charge is 2.17. The summed E-state index contributed by atoms with van der Waals surface area (Å²) in [6.07, 6.45) is 3.28. The minimum atomic E-state index is -0.572. The van der Waals surface area contributed by atoms with E-state index < -0.39 is 5.91 Å². The number of carbonyl (C=O) groups is 1. The number of rotatable bonds is 4. The van der Waals surface area contributed by atoms with Crippen molar-refractivity contribution in [3.63, 3.8) is 0 Å². The van der Waals surface area contributed by atoms with E-state index in [4.69, 9.17) is 0 Å². The largest absolute Gasteiger partial charge is 0.504 e. The number of carbonyl (C=O) groups excluding carboxylic acids is 1. The molecule has 1 amide bonds. The van der Waals surface area contributed by atoms with Crippen LogP contribution in [0.25, 0.3) is 5.69 Å². The van der Waals surface area contributed by atoms with Crippen LogP contribution in [0.5, 0.6) is 5.75 Å². The Bertz CT molecular complexity index is 918. The van der Waals surface area contributed by atoms with E-state index in [1.165, 1.54) is 10.9 Å². The zero-order chi connectivity index (χ0) is 18.0. The van der Waals surface area contributed by atoms with E-state index in [2.05, 4.69) is 20.6 Å². The van der Waals surface area contributed by atoms with Gasteiger partial charge in [-0.2, -0.15) is 10.2 Å². The predicted molar refractivity (Wildman–Crippen MR) is 95.2 cm³/mol. The zero-order valence-electron chi connectivity index (χ0n) is 14.2. The quantitative estimate of drug-likeness (QED) is 0.504. The number of H-pyrrole nitrogens is 1. The first kappa shape index (κ1) is 16.5. The fourth-order valence-electron chi connectivity index (χ4n) is 2.70. The molecule has 0 aliphatic rings. The van der Waals surface area contributed by atoms with E-state index >= 15 is 0 Å². The van der Waals surface area contributed by atoms with E-state index in [1.807, 2.05) is 57.3 Å². The number of nitrogens with zero attached hydrogens (tertiary/aromatic N) is 3. The van der Waals surface area contributed by atoms with Crippen LogP contribution in [-0.4, -0.2) is 31.5 Å². The summed E-state index contributed by atoms with van der Waals surface area (Å²) in [4.78, 5) is 15.4. The van der Waals surface area contributed by atoms with Crippen molar-refractivity contribution in [2.45, 2.75) is 20.8 Å². The van der Waals surface area contributed by atoms with Crippen LogP contribution in [0.15, 0.2) is 47.8 Å². The van der Waals surface area contributed by atoms with Crippen LogP contribution in [0.1, 0.15) is 34.2 Å². The van der Waals surface area contributed by atoms with E-state index in [9.17, 15) is 9.90 Å². The Morgan fingerprint density at radius 1 is 1.28 bits per heavy atom. The van der Waals surface area contributed by atoms with Crippen LogP contribution >= 0.6 is 0 Å². The molecule has 0 saturated heterocycles. The highest BCUT2D eigenvalue weighted by molar-refractivity contribution is 6.02. The maximum absolute atomic E-state index is 12.3. The van der Waals surface area contributed by atoms with Gasteiger partial charge in [0.25, 0.3) is 5.91 Å². The number of para-hydroxylation sites is 1. The lowest BCUT2D eigenvalue weighted by atomic mass is 10.1. The summed E-state index contributed by atoms with van der Waals surface area (Å²) in [5.74, 6) is -0.777. The van der Waals surface area contributed by atoms with E-state index in [1.54, 1.807) is 0 Å². The fraction of sp³-hybridized carbons (Fsp3) is 0.167. The Labute approximate surface area is 145 Å². The number of hydrogen-bond acceptors (Lipinski definition) is 4. The van der Waals surface area contributed by atoms with Gasteiger partial charge in [0, 0.05) is 17.5 Å². The molecule has 0 fully saturated rings. The number of amides is 1. The lowest BCUT2D eigenvalue weighted by Crippen LogP contribution is -2.20. The van der Waals surface area contributed by atoms with Crippen molar-refractivity contribution in [3.8, 4) is 11.4 Å². The van der Waals surface area contributed by atoms with Gasteiger partial charge in [-0.25, -0.2) is 10.1 Å². The smallest absolute Gasteiger partial charge is 0.295 e. The SMILES string of the molecule is C/C(=N\NC(=O)c1nn(-c2ccccc2)cc1O)c1c(C)c[nH]c1C. The molecular formula is C18H19N5O2. The van der Waals surface area contributed by atoms with Gasteiger partial charge in [-0.05, 0) is 38.5 Å². The van der Waals surface area contributed by atoms with Gasteiger partial charge in [-0.3, -0.25) is 4.79 Å². The Morgan fingerprint density at radius 3 is 2.64 bits per heavy atom. The predicted octanol–water partition coefficient (Wildman–Crippen LogP) is 2.68. The molecule has 128 valence electrons. The molecule has 0 radical (unpaired) electrons. The molecule has 2 heterocycles. The summed E-state index contributed by atoms with van der Waals surface area (Å²) in [7, 11) is 0. The standard InChI is InChI=1S/C18H19N5O2/c1-11-9-19-12(2)16(11)13(3)20-21-18(25)17-15(24)10-23(22-17)14-7-5-4-6-8-14/h4-10,19,24H,1-3H3,(H,21,25)/b20-13+. The van der Waals surface area contributed by atoms with Crippen LogP contribution in [0, 0.1) is 13.8 Å². The topological polar surface area (TPSA) is 95.3 Å². The molecular weight excluding hydrogens is 318 g/mol.